The minimum atomic E-state index is -0.480. The van der Waals surface area contributed by atoms with Crippen molar-refractivity contribution < 1.29 is 28.9 Å². The van der Waals surface area contributed by atoms with Gasteiger partial charge in [0.2, 0.25) is 0 Å². The molecule has 0 amide bonds. The van der Waals surface area contributed by atoms with E-state index in [0.29, 0.717) is 67.0 Å². The van der Waals surface area contributed by atoms with Crippen LogP contribution in [0.1, 0.15) is 92.1 Å². The van der Waals surface area contributed by atoms with Crippen molar-refractivity contribution in [3.8, 4) is 0 Å². The molecule has 0 saturated carbocycles. The molecule has 0 aliphatic heterocycles. The molecule has 316 valence electrons. The Labute approximate surface area is 372 Å². The molecule has 0 atom stereocenters. The SMILES string of the molecule is C=Cc1ccc(COOCc2ccccc2Sc2ccc(NCC(C)C)c3c2C(=O)c2c(NCC(C)C)ccc(Sc4ccccc4C(=O)OCc4ccccc4)c2C3=O)cc1. The minimum Gasteiger partial charge on any atom is -0.457 e. The van der Waals surface area contributed by atoms with Gasteiger partial charge in [0.25, 0.3) is 0 Å². The van der Waals surface area contributed by atoms with E-state index < -0.39 is 5.97 Å². The number of esters is 1. The fourth-order valence-corrected chi connectivity index (χ4v) is 9.03. The van der Waals surface area contributed by atoms with Gasteiger partial charge in [-0.25, -0.2) is 14.6 Å². The number of carbonyl (C=O) groups excluding carboxylic acids is 3. The summed E-state index contributed by atoms with van der Waals surface area (Å²) in [7, 11) is 0. The second-order valence-corrected chi connectivity index (χ2v) is 17.9. The summed E-state index contributed by atoms with van der Waals surface area (Å²) in [6, 6.07) is 39.9. The Hall–Kier alpha value is -5.91. The van der Waals surface area contributed by atoms with E-state index in [-0.39, 0.29) is 43.2 Å². The monoisotopic (exact) mass is 862 g/mol. The summed E-state index contributed by atoms with van der Waals surface area (Å²) in [5.41, 5.74) is 6.55. The van der Waals surface area contributed by atoms with Gasteiger partial charge in [0.05, 0.1) is 16.7 Å². The molecule has 7 rings (SSSR count). The van der Waals surface area contributed by atoms with Crippen LogP contribution in [0.5, 0.6) is 0 Å². The van der Waals surface area contributed by atoms with E-state index in [2.05, 4.69) is 44.9 Å². The third-order valence-electron chi connectivity index (χ3n) is 10.1. The summed E-state index contributed by atoms with van der Waals surface area (Å²) in [6.07, 6.45) is 1.79. The molecule has 0 spiro atoms. The number of carbonyl (C=O) groups is 3. The van der Waals surface area contributed by atoms with Gasteiger partial charge in [-0.2, -0.15) is 0 Å². The topological polar surface area (TPSA) is 103 Å². The molecule has 8 nitrogen and oxygen atoms in total. The molecule has 62 heavy (non-hydrogen) atoms. The molecule has 6 aromatic rings. The highest BCUT2D eigenvalue weighted by atomic mass is 32.2. The zero-order valence-electron chi connectivity index (χ0n) is 35.4. The third kappa shape index (κ3) is 10.6. The Morgan fingerprint density at radius 3 is 1.68 bits per heavy atom. The molecule has 0 unspecified atom stereocenters. The number of ketones is 2. The minimum absolute atomic E-state index is 0.122. The van der Waals surface area contributed by atoms with Gasteiger partial charge in [-0.3, -0.25) is 9.59 Å². The van der Waals surface area contributed by atoms with E-state index in [1.165, 1.54) is 23.5 Å². The van der Waals surface area contributed by atoms with Crippen molar-refractivity contribution in [1.82, 2.24) is 0 Å². The Balaban J connectivity index is 1.24. The maximum Gasteiger partial charge on any atom is 0.339 e. The quantitative estimate of drug-likeness (QED) is 0.0353. The van der Waals surface area contributed by atoms with Gasteiger partial charge in [-0.15, -0.1) is 0 Å². The van der Waals surface area contributed by atoms with Gasteiger partial charge in [0.15, 0.2) is 11.6 Å². The molecule has 0 fully saturated rings. The molecule has 0 heterocycles. The molecule has 2 N–H and O–H groups in total. The van der Waals surface area contributed by atoms with Crippen LogP contribution in [0.4, 0.5) is 11.4 Å². The number of hydrogen-bond donors (Lipinski definition) is 2. The van der Waals surface area contributed by atoms with Crippen molar-refractivity contribution in [2.45, 2.75) is 67.1 Å². The van der Waals surface area contributed by atoms with Crippen LogP contribution in [0.15, 0.2) is 154 Å². The Bertz CT molecular complexity index is 2570. The lowest BCUT2D eigenvalue weighted by atomic mass is 9.82. The maximum absolute atomic E-state index is 15.3. The molecular formula is C52H50N2O6S2. The van der Waals surface area contributed by atoms with Crippen LogP contribution < -0.4 is 10.6 Å². The fraction of sp³-hybridized carbons (Fsp3) is 0.212. The Morgan fingerprint density at radius 1 is 0.565 bits per heavy atom. The van der Waals surface area contributed by atoms with E-state index >= 15 is 9.59 Å². The summed E-state index contributed by atoms with van der Waals surface area (Å²) in [4.78, 5) is 58.2. The number of hydrogen-bond acceptors (Lipinski definition) is 10. The van der Waals surface area contributed by atoms with Crippen molar-refractivity contribution in [2.24, 2.45) is 11.8 Å². The molecule has 10 heteroatoms. The number of anilines is 2. The van der Waals surface area contributed by atoms with Crippen molar-refractivity contribution in [3.63, 3.8) is 0 Å². The van der Waals surface area contributed by atoms with E-state index in [4.69, 9.17) is 14.5 Å². The molecule has 1 aliphatic carbocycles. The zero-order chi connectivity index (χ0) is 43.6. The lowest BCUT2D eigenvalue weighted by molar-refractivity contribution is -0.313. The number of fused-ring (bicyclic) bond motifs is 2. The first kappa shape index (κ1) is 44.2. The molecule has 0 aromatic heterocycles. The normalized spacial score (nSPS) is 12.0. The standard InChI is InChI=1S/C52H50N2O6S2/c1-6-35-20-22-37(23-21-35)31-59-60-32-38-16-10-12-18-42(38)61-44-26-24-40(53-28-33(2)3)46-48(44)50(55)47-41(54-29-34(4)5)25-27-45(49(47)51(46)56)62-43-19-13-11-17-39(43)52(57)58-30-36-14-8-7-9-15-36/h6-27,33-34,53-54H,1,28-32H2,2-5H3. The number of nitrogens with one attached hydrogen (secondary N) is 2. The Morgan fingerprint density at radius 2 is 1.08 bits per heavy atom. The first-order valence-corrected chi connectivity index (χ1v) is 22.3. The van der Waals surface area contributed by atoms with Gasteiger partial charge in [-0.05, 0) is 76.6 Å². The predicted octanol–water partition coefficient (Wildman–Crippen LogP) is 12.5. The Kier molecular flexibility index (Phi) is 14.8. The summed E-state index contributed by atoms with van der Waals surface area (Å²) in [5, 5.41) is 6.95. The van der Waals surface area contributed by atoms with Gasteiger partial charge < -0.3 is 15.4 Å². The number of ether oxygens (including phenoxy) is 1. The van der Waals surface area contributed by atoms with E-state index in [9.17, 15) is 4.79 Å². The number of benzene rings is 6. The molecule has 0 radical (unpaired) electrons. The van der Waals surface area contributed by atoms with Gasteiger partial charge >= 0.3 is 5.97 Å². The van der Waals surface area contributed by atoms with Crippen LogP contribution in [0, 0.1) is 11.8 Å². The van der Waals surface area contributed by atoms with Crippen molar-refractivity contribution in [2.75, 3.05) is 23.7 Å². The van der Waals surface area contributed by atoms with Crippen molar-refractivity contribution in [3.05, 3.63) is 184 Å². The largest absolute Gasteiger partial charge is 0.457 e. The van der Waals surface area contributed by atoms with Crippen LogP contribution in [-0.2, 0) is 34.3 Å². The van der Waals surface area contributed by atoms with Crippen LogP contribution in [0.25, 0.3) is 6.08 Å². The second-order valence-electron chi connectivity index (χ2n) is 15.8. The highest BCUT2D eigenvalue weighted by Gasteiger charge is 2.38. The maximum atomic E-state index is 15.3. The summed E-state index contributed by atoms with van der Waals surface area (Å²) in [5.74, 6) is -0.457. The highest BCUT2D eigenvalue weighted by molar-refractivity contribution is 7.99. The van der Waals surface area contributed by atoms with Crippen LogP contribution in [0.3, 0.4) is 0 Å². The van der Waals surface area contributed by atoms with Crippen LogP contribution in [0.2, 0.25) is 0 Å². The fourth-order valence-electron chi connectivity index (χ4n) is 6.88. The average molecular weight is 863 g/mol. The second kappa shape index (κ2) is 20.8. The van der Waals surface area contributed by atoms with Crippen molar-refractivity contribution in [1.29, 1.82) is 0 Å². The van der Waals surface area contributed by atoms with E-state index in [1.54, 1.807) is 18.2 Å². The molecular weight excluding hydrogens is 813 g/mol. The molecule has 0 bridgehead atoms. The summed E-state index contributed by atoms with van der Waals surface area (Å²) >= 11 is 2.69. The van der Waals surface area contributed by atoms with Gasteiger partial charge in [0, 0.05) is 55.2 Å². The average Bonchev–Trinajstić information content (AvgIpc) is 3.28. The first-order chi connectivity index (χ1) is 30.1. The molecule has 6 aromatic carbocycles. The first-order valence-electron chi connectivity index (χ1n) is 20.7. The van der Waals surface area contributed by atoms with Crippen molar-refractivity contribution >= 4 is 58.5 Å². The molecule has 0 saturated heterocycles. The number of rotatable bonds is 19. The predicted molar refractivity (Wildman–Crippen MR) is 249 cm³/mol. The smallest absolute Gasteiger partial charge is 0.339 e. The lowest BCUT2D eigenvalue weighted by Crippen LogP contribution is -2.26. The van der Waals surface area contributed by atoms with Gasteiger partial charge in [-0.1, -0.05) is 149 Å². The van der Waals surface area contributed by atoms with Crippen LogP contribution >= 0.6 is 23.5 Å². The highest BCUT2D eigenvalue weighted by Crippen LogP contribution is 2.46. The summed E-state index contributed by atoms with van der Waals surface area (Å²) in [6.45, 7) is 13.9. The van der Waals surface area contributed by atoms with Crippen LogP contribution in [-0.4, -0.2) is 30.6 Å². The van der Waals surface area contributed by atoms with Gasteiger partial charge in [0.1, 0.15) is 19.8 Å². The lowest BCUT2D eigenvalue weighted by Gasteiger charge is -2.27. The van der Waals surface area contributed by atoms with E-state index in [0.717, 1.165) is 27.1 Å². The third-order valence-corrected chi connectivity index (χ3v) is 12.4. The summed E-state index contributed by atoms with van der Waals surface area (Å²) < 4.78 is 5.74. The van der Waals surface area contributed by atoms with E-state index in [1.807, 2.05) is 115 Å². The zero-order valence-corrected chi connectivity index (χ0v) is 37.0. The molecule has 1 aliphatic rings.